The summed E-state index contributed by atoms with van der Waals surface area (Å²) in [7, 11) is 0. The predicted molar refractivity (Wildman–Crippen MR) is 109 cm³/mol. The van der Waals surface area contributed by atoms with Crippen molar-refractivity contribution in [2.45, 2.75) is 53.3 Å². The topological polar surface area (TPSA) is 195 Å². The van der Waals surface area contributed by atoms with Crippen molar-refractivity contribution in [2.75, 3.05) is 13.2 Å². The fraction of sp³-hybridized carbons (Fsp3) is 0.588. The van der Waals surface area contributed by atoms with Crippen molar-refractivity contribution in [3.63, 3.8) is 0 Å². The van der Waals surface area contributed by atoms with E-state index in [2.05, 4.69) is 35.2 Å². The average Bonchev–Trinajstić information content (AvgIpc) is 3.35. The Labute approximate surface area is 190 Å². The molecule has 180 valence electrons. The molecule has 0 aromatic carbocycles. The second kappa shape index (κ2) is 13.9. The van der Waals surface area contributed by atoms with E-state index in [1.165, 1.54) is 0 Å². The summed E-state index contributed by atoms with van der Waals surface area (Å²) >= 11 is 0. The van der Waals surface area contributed by atoms with Crippen molar-refractivity contribution in [3.05, 3.63) is 23.6 Å². The Kier molecular flexibility index (Phi) is 12.5. The maximum absolute atomic E-state index is 11.4. The van der Waals surface area contributed by atoms with Gasteiger partial charge in [-0.15, -0.1) is 32.8 Å². The first-order valence-electron chi connectivity index (χ1n) is 9.25. The summed E-state index contributed by atoms with van der Waals surface area (Å²) < 4.78 is 24.2. The summed E-state index contributed by atoms with van der Waals surface area (Å²) in [5, 5.41) is 16.5. The van der Waals surface area contributed by atoms with E-state index in [1.807, 2.05) is 0 Å². The van der Waals surface area contributed by atoms with Crippen LogP contribution in [0.1, 0.15) is 67.8 Å². The Morgan fingerprint density at radius 3 is 1.78 bits per heavy atom. The maximum Gasteiger partial charge on any atom is 0.408 e. The number of esters is 2. The van der Waals surface area contributed by atoms with Gasteiger partial charge in [-0.1, -0.05) is 0 Å². The second-order valence-electron chi connectivity index (χ2n) is 6.50. The second-order valence-corrected chi connectivity index (χ2v) is 6.50. The van der Waals surface area contributed by atoms with Gasteiger partial charge in [0.25, 0.3) is 0 Å². The third-order valence-electron chi connectivity index (χ3n) is 2.79. The number of aromatic nitrogens is 4. The number of carbonyl (C=O) groups is 3. The van der Waals surface area contributed by atoms with E-state index in [-0.39, 0.29) is 62.3 Å². The number of nitrogens with zero attached hydrogens (tertiary/aromatic N) is 4. The van der Waals surface area contributed by atoms with Crippen LogP contribution < -0.4 is 11.1 Å². The molecular weight excluding hydrogens is 452 g/mol. The molecule has 0 aliphatic carbocycles. The van der Waals surface area contributed by atoms with E-state index in [9.17, 15) is 14.4 Å². The van der Waals surface area contributed by atoms with Gasteiger partial charge < -0.3 is 34.1 Å². The van der Waals surface area contributed by atoms with Gasteiger partial charge in [-0.05, 0) is 34.6 Å². The van der Waals surface area contributed by atoms with Gasteiger partial charge in [0.05, 0.1) is 26.3 Å². The highest BCUT2D eigenvalue weighted by atomic mass is 35.5. The normalized spacial score (nSPS) is 10.2. The molecule has 0 spiro atoms. The summed E-state index contributed by atoms with van der Waals surface area (Å²) in [6.45, 7) is 9.19. The number of hydrogen-bond donors (Lipinski definition) is 2. The van der Waals surface area contributed by atoms with Gasteiger partial charge in [0.1, 0.15) is 5.60 Å². The number of amides is 1. The van der Waals surface area contributed by atoms with Gasteiger partial charge in [0.15, 0.2) is 0 Å². The van der Waals surface area contributed by atoms with Gasteiger partial charge >= 0.3 is 29.8 Å². The van der Waals surface area contributed by atoms with Crippen molar-refractivity contribution < 1.29 is 37.4 Å². The number of hydrogen-bond acceptors (Lipinski definition) is 13. The van der Waals surface area contributed by atoms with E-state index in [0.29, 0.717) is 0 Å². The monoisotopic (exact) mass is 478 g/mol. The fourth-order valence-corrected chi connectivity index (χ4v) is 1.67. The van der Waals surface area contributed by atoms with Gasteiger partial charge in [-0.3, -0.25) is 0 Å². The Hall–Kier alpha value is -3.26. The van der Waals surface area contributed by atoms with Gasteiger partial charge in [0, 0.05) is 0 Å². The van der Waals surface area contributed by atoms with Crippen LogP contribution in [-0.2, 0) is 27.3 Å². The number of halogens is 1. The standard InChI is InChI=1S/C11H17N3O5.C6H9N3O3.ClH/c1-5-17-9(15)8-14-13-7(18-8)6-12-10(16)19-11(2,3)4;1-2-11-6(10)5-9-8-4(3-7)12-5;/h5-6H2,1-4H3,(H,12,16);2-3,7H2,1H3;1H. The third-order valence-corrected chi connectivity index (χ3v) is 2.79. The molecule has 2 aromatic heterocycles. The van der Waals surface area contributed by atoms with E-state index in [4.69, 9.17) is 19.3 Å². The fourth-order valence-electron chi connectivity index (χ4n) is 1.67. The molecule has 3 N–H and O–H groups in total. The summed E-state index contributed by atoms with van der Waals surface area (Å²) in [6, 6.07) is 0. The molecule has 0 unspecified atom stereocenters. The highest BCUT2D eigenvalue weighted by Crippen LogP contribution is 2.07. The molecule has 0 bridgehead atoms. The number of ether oxygens (including phenoxy) is 3. The highest BCUT2D eigenvalue weighted by molar-refractivity contribution is 5.85. The molecule has 0 saturated heterocycles. The molecule has 2 heterocycles. The van der Waals surface area contributed by atoms with Crippen LogP contribution in [0.2, 0.25) is 0 Å². The Bertz CT molecular complexity index is 863. The van der Waals surface area contributed by atoms with Crippen LogP contribution in [-0.4, -0.2) is 57.2 Å². The van der Waals surface area contributed by atoms with Crippen LogP contribution in [0.15, 0.2) is 8.83 Å². The first kappa shape index (κ1) is 28.7. The molecule has 0 radical (unpaired) electrons. The zero-order valence-electron chi connectivity index (χ0n) is 18.4. The molecule has 2 rings (SSSR count). The number of nitrogens with two attached hydrogens (primary N) is 1. The largest absolute Gasteiger partial charge is 0.459 e. The zero-order chi connectivity index (χ0) is 23.4. The Balaban J connectivity index is 0.000000639. The first-order chi connectivity index (χ1) is 14.6. The molecule has 1 amide bonds. The Morgan fingerprint density at radius 2 is 1.38 bits per heavy atom. The lowest BCUT2D eigenvalue weighted by molar-refractivity contribution is 0.0468. The van der Waals surface area contributed by atoms with E-state index in [1.54, 1.807) is 34.6 Å². The van der Waals surface area contributed by atoms with Crippen molar-refractivity contribution in [2.24, 2.45) is 5.73 Å². The maximum atomic E-state index is 11.4. The molecule has 32 heavy (non-hydrogen) atoms. The lowest BCUT2D eigenvalue weighted by Crippen LogP contribution is -2.32. The number of alkyl carbamates (subject to hydrolysis) is 1. The lowest BCUT2D eigenvalue weighted by atomic mass is 10.2. The van der Waals surface area contributed by atoms with Crippen molar-refractivity contribution in [1.82, 2.24) is 25.7 Å². The third kappa shape index (κ3) is 10.7. The minimum atomic E-state index is -0.696. The molecule has 0 aliphatic heterocycles. The molecule has 0 atom stereocenters. The molecule has 14 nitrogen and oxygen atoms in total. The van der Waals surface area contributed by atoms with E-state index in [0.717, 1.165) is 0 Å². The molecule has 0 saturated carbocycles. The average molecular weight is 479 g/mol. The molecule has 0 fully saturated rings. The first-order valence-corrected chi connectivity index (χ1v) is 9.25. The van der Waals surface area contributed by atoms with Gasteiger partial charge in [-0.2, -0.15) is 0 Å². The van der Waals surface area contributed by atoms with E-state index >= 15 is 0 Å². The quantitative estimate of drug-likeness (QED) is 0.428. The summed E-state index contributed by atoms with van der Waals surface area (Å²) in [5.41, 5.74) is 4.60. The van der Waals surface area contributed by atoms with Crippen LogP contribution in [0.4, 0.5) is 4.79 Å². The van der Waals surface area contributed by atoms with Crippen LogP contribution >= 0.6 is 12.4 Å². The van der Waals surface area contributed by atoms with Crippen molar-refractivity contribution in [3.8, 4) is 0 Å². The smallest absolute Gasteiger partial charge is 0.408 e. The van der Waals surface area contributed by atoms with Crippen LogP contribution in [0, 0.1) is 0 Å². The van der Waals surface area contributed by atoms with Crippen molar-refractivity contribution >= 4 is 30.4 Å². The van der Waals surface area contributed by atoms with Crippen LogP contribution in [0.5, 0.6) is 0 Å². The van der Waals surface area contributed by atoms with Gasteiger partial charge in [0.2, 0.25) is 11.8 Å². The minimum Gasteiger partial charge on any atom is -0.459 e. The predicted octanol–water partition coefficient (Wildman–Crippen LogP) is 1.40. The molecule has 0 aliphatic rings. The summed E-state index contributed by atoms with van der Waals surface area (Å²) in [6.07, 6.45) is -0.608. The molecule has 15 heteroatoms. The van der Waals surface area contributed by atoms with Crippen molar-refractivity contribution in [1.29, 1.82) is 0 Å². The number of carbonyl (C=O) groups excluding carboxylic acids is 3. The number of rotatable bonds is 7. The Morgan fingerprint density at radius 1 is 0.906 bits per heavy atom. The molecule has 2 aromatic rings. The number of nitrogens with one attached hydrogen (secondary N) is 1. The SMILES string of the molecule is CCOC(=O)c1nnc(CN)o1.CCOC(=O)c1nnc(CNC(=O)OC(C)(C)C)o1.Cl. The summed E-state index contributed by atoms with van der Waals surface area (Å²) in [4.78, 5) is 33.5. The highest BCUT2D eigenvalue weighted by Gasteiger charge is 2.19. The van der Waals surface area contributed by atoms with Crippen LogP contribution in [0.3, 0.4) is 0 Å². The molecular formula is C17H27ClN6O8. The van der Waals surface area contributed by atoms with Gasteiger partial charge in [-0.25, -0.2) is 14.4 Å². The summed E-state index contributed by atoms with van der Waals surface area (Å²) in [5.74, 6) is -1.41. The minimum absolute atomic E-state index is 0. The van der Waals surface area contributed by atoms with E-state index < -0.39 is 23.6 Å². The lowest BCUT2D eigenvalue weighted by Gasteiger charge is -2.19. The van der Waals surface area contributed by atoms with Crippen LogP contribution in [0.25, 0.3) is 0 Å². The zero-order valence-corrected chi connectivity index (χ0v) is 19.2.